The number of methoxy groups -OCH3 is 1. The van der Waals surface area contributed by atoms with Gasteiger partial charge in [0.1, 0.15) is 5.56 Å². The molecule has 0 fully saturated rings. The third-order valence-electron chi connectivity index (χ3n) is 1.48. The van der Waals surface area contributed by atoms with Crippen molar-refractivity contribution < 1.29 is 9.53 Å². The minimum Gasteiger partial charge on any atom is -0.480 e. The van der Waals surface area contributed by atoms with Crippen LogP contribution in [0.5, 0.6) is 5.88 Å². The average Bonchev–Trinajstić information content (AvgIpc) is 2.08. The molecule has 13 heavy (non-hydrogen) atoms. The highest BCUT2D eigenvalue weighted by Crippen LogP contribution is 2.27. The molecule has 0 aliphatic carbocycles. The van der Waals surface area contributed by atoms with E-state index in [2.05, 4.69) is 4.98 Å². The third kappa shape index (κ3) is 1.65. The van der Waals surface area contributed by atoms with Gasteiger partial charge in [0.05, 0.1) is 24.0 Å². The summed E-state index contributed by atoms with van der Waals surface area (Å²) >= 11 is 5.64. The van der Waals surface area contributed by atoms with Crippen molar-refractivity contribution in [3.8, 4) is 5.88 Å². The van der Waals surface area contributed by atoms with Crippen LogP contribution in [-0.4, -0.2) is 18.0 Å². The Hall–Kier alpha value is -1.49. The second-order valence-electron chi connectivity index (χ2n) is 2.27. The number of nitrogens with two attached hydrogens (primary N) is 2. The first-order valence-electron chi connectivity index (χ1n) is 3.35. The van der Waals surface area contributed by atoms with E-state index in [-0.39, 0.29) is 22.2 Å². The summed E-state index contributed by atoms with van der Waals surface area (Å²) in [5.41, 5.74) is 10.7. The van der Waals surface area contributed by atoms with E-state index in [9.17, 15) is 4.79 Å². The van der Waals surface area contributed by atoms with Crippen LogP contribution >= 0.6 is 11.6 Å². The average molecular weight is 202 g/mol. The quantitative estimate of drug-likeness (QED) is 0.726. The summed E-state index contributed by atoms with van der Waals surface area (Å²) in [5.74, 6) is -0.640. The van der Waals surface area contributed by atoms with E-state index in [1.54, 1.807) is 0 Å². The molecule has 4 N–H and O–H groups in total. The number of halogens is 1. The molecule has 5 nitrogen and oxygen atoms in total. The van der Waals surface area contributed by atoms with Gasteiger partial charge in [0.25, 0.3) is 5.91 Å². The summed E-state index contributed by atoms with van der Waals surface area (Å²) < 4.78 is 4.79. The predicted octanol–water partition coefficient (Wildman–Crippen LogP) is 0.425. The molecule has 1 aromatic heterocycles. The Kier molecular flexibility index (Phi) is 2.57. The van der Waals surface area contributed by atoms with Crippen molar-refractivity contribution in [2.24, 2.45) is 5.73 Å². The lowest BCUT2D eigenvalue weighted by Crippen LogP contribution is -2.16. The van der Waals surface area contributed by atoms with Crippen molar-refractivity contribution >= 4 is 23.2 Å². The highest BCUT2D eigenvalue weighted by atomic mass is 35.5. The van der Waals surface area contributed by atoms with Gasteiger partial charge in [0.2, 0.25) is 5.88 Å². The second kappa shape index (κ2) is 3.49. The van der Waals surface area contributed by atoms with E-state index in [1.165, 1.54) is 13.3 Å². The molecule has 1 rings (SSSR count). The third-order valence-corrected chi connectivity index (χ3v) is 1.78. The summed E-state index contributed by atoms with van der Waals surface area (Å²) in [6, 6.07) is 0. The fourth-order valence-corrected chi connectivity index (χ4v) is 1.02. The van der Waals surface area contributed by atoms with Crippen molar-refractivity contribution in [1.29, 1.82) is 0 Å². The van der Waals surface area contributed by atoms with Gasteiger partial charge in [-0.05, 0) is 0 Å². The van der Waals surface area contributed by atoms with Crippen LogP contribution in [0.4, 0.5) is 5.69 Å². The monoisotopic (exact) mass is 201 g/mol. The van der Waals surface area contributed by atoms with Crippen molar-refractivity contribution in [1.82, 2.24) is 4.98 Å². The molecule has 0 aromatic carbocycles. The number of anilines is 1. The number of pyridine rings is 1. The van der Waals surface area contributed by atoms with Crippen LogP contribution in [0.15, 0.2) is 6.20 Å². The van der Waals surface area contributed by atoms with Crippen LogP contribution in [0.2, 0.25) is 5.02 Å². The molecular weight excluding hydrogens is 194 g/mol. The zero-order chi connectivity index (χ0) is 10.0. The minimum absolute atomic E-state index is 0.00926. The van der Waals surface area contributed by atoms with Crippen molar-refractivity contribution in [2.45, 2.75) is 0 Å². The maximum Gasteiger partial charge on any atom is 0.256 e. The molecule has 0 radical (unpaired) electrons. The molecule has 0 saturated heterocycles. The normalized spacial score (nSPS) is 9.69. The highest BCUT2D eigenvalue weighted by molar-refractivity contribution is 6.33. The van der Waals surface area contributed by atoms with Gasteiger partial charge in [-0.25, -0.2) is 4.98 Å². The van der Waals surface area contributed by atoms with Crippen LogP contribution in [0.25, 0.3) is 0 Å². The summed E-state index contributed by atoms with van der Waals surface area (Å²) in [7, 11) is 1.36. The van der Waals surface area contributed by atoms with Crippen LogP contribution in [0, 0.1) is 0 Å². The molecule has 0 unspecified atom stereocenters. The van der Waals surface area contributed by atoms with Crippen molar-refractivity contribution in [3.63, 3.8) is 0 Å². The van der Waals surface area contributed by atoms with Gasteiger partial charge in [-0.1, -0.05) is 11.6 Å². The molecule has 0 aliphatic heterocycles. The Balaban J connectivity index is 3.41. The molecule has 0 bridgehead atoms. The summed E-state index contributed by atoms with van der Waals surface area (Å²) in [6.07, 6.45) is 1.29. The van der Waals surface area contributed by atoms with E-state index >= 15 is 0 Å². The molecule has 1 amide bonds. The number of nitrogens with zero attached hydrogens (tertiary/aromatic N) is 1. The summed E-state index contributed by atoms with van der Waals surface area (Å²) in [6.45, 7) is 0. The number of primary amides is 1. The molecule has 0 atom stereocenters. The minimum atomic E-state index is -0.718. The molecule has 1 heterocycles. The lowest BCUT2D eigenvalue weighted by molar-refractivity contribution is 0.0997. The summed E-state index contributed by atoms with van der Waals surface area (Å²) in [5, 5.41) is 0.176. The number of hydrogen-bond donors (Lipinski definition) is 2. The number of ether oxygens (including phenoxy) is 1. The molecular formula is C7H8ClN3O2. The Labute approximate surface area is 79.6 Å². The largest absolute Gasteiger partial charge is 0.480 e. The van der Waals surface area contributed by atoms with E-state index in [1.807, 2.05) is 0 Å². The number of rotatable bonds is 2. The van der Waals surface area contributed by atoms with Crippen LogP contribution in [-0.2, 0) is 0 Å². The predicted molar refractivity (Wildman–Crippen MR) is 48.7 cm³/mol. The van der Waals surface area contributed by atoms with Gasteiger partial charge in [0.15, 0.2) is 0 Å². The smallest absolute Gasteiger partial charge is 0.256 e. The van der Waals surface area contributed by atoms with Gasteiger partial charge in [0, 0.05) is 0 Å². The Morgan fingerprint density at radius 2 is 2.31 bits per heavy atom. The van der Waals surface area contributed by atoms with Crippen molar-refractivity contribution in [2.75, 3.05) is 12.8 Å². The van der Waals surface area contributed by atoms with E-state index in [0.29, 0.717) is 0 Å². The van der Waals surface area contributed by atoms with Gasteiger partial charge in [-0.15, -0.1) is 0 Å². The standard InChI is InChI=1S/C7H8ClN3O2/c1-13-7-4(6(10)12)5(9)3(8)2-11-7/h2H,1H3,(H2,9,11)(H2,10,12). The number of hydrogen-bond acceptors (Lipinski definition) is 4. The maximum absolute atomic E-state index is 10.9. The SMILES string of the molecule is COc1ncc(Cl)c(N)c1C(N)=O. The zero-order valence-corrected chi connectivity index (χ0v) is 7.63. The molecule has 0 spiro atoms. The maximum atomic E-state index is 10.9. The number of nitrogen functional groups attached to an aromatic ring is 1. The zero-order valence-electron chi connectivity index (χ0n) is 6.87. The lowest BCUT2D eigenvalue weighted by Gasteiger charge is -2.07. The Morgan fingerprint density at radius 3 is 2.77 bits per heavy atom. The second-order valence-corrected chi connectivity index (χ2v) is 2.68. The first-order valence-corrected chi connectivity index (χ1v) is 3.73. The van der Waals surface area contributed by atoms with E-state index < -0.39 is 5.91 Å². The van der Waals surface area contributed by atoms with Crippen molar-refractivity contribution in [3.05, 3.63) is 16.8 Å². The van der Waals surface area contributed by atoms with Crippen LogP contribution in [0.3, 0.4) is 0 Å². The Morgan fingerprint density at radius 1 is 1.69 bits per heavy atom. The Bertz CT molecular complexity index is 354. The first-order chi connectivity index (χ1) is 6.07. The van der Waals surface area contributed by atoms with E-state index in [0.717, 1.165) is 0 Å². The topological polar surface area (TPSA) is 91.2 Å². The number of carbonyl (C=O) groups is 1. The molecule has 0 aliphatic rings. The van der Waals surface area contributed by atoms with Crippen LogP contribution in [0.1, 0.15) is 10.4 Å². The van der Waals surface area contributed by atoms with E-state index in [4.69, 9.17) is 27.8 Å². The highest BCUT2D eigenvalue weighted by Gasteiger charge is 2.16. The lowest BCUT2D eigenvalue weighted by atomic mass is 10.2. The first kappa shape index (κ1) is 9.60. The fourth-order valence-electron chi connectivity index (χ4n) is 0.877. The molecule has 0 saturated carbocycles. The number of carbonyl (C=O) groups excluding carboxylic acids is 1. The molecule has 1 aromatic rings. The fraction of sp³-hybridized carbons (Fsp3) is 0.143. The summed E-state index contributed by atoms with van der Waals surface area (Å²) in [4.78, 5) is 14.7. The van der Waals surface area contributed by atoms with Gasteiger partial charge in [-0.2, -0.15) is 0 Å². The number of amides is 1. The van der Waals surface area contributed by atoms with Crippen LogP contribution < -0.4 is 16.2 Å². The molecule has 6 heteroatoms. The molecule has 70 valence electrons. The number of aromatic nitrogens is 1. The van der Waals surface area contributed by atoms with Gasteiger partial charge >= 0.3 is 0 Å². The van der Waals surface area contributed by atoms with Gasteiger partial charge < -0.3 is 16.2 Å². The van der Waals surface area contributed by atoms with Gasteiger partial charge in [-0.3, -0.25) is 4.79 Å².